The molecule has 4 rings (SSSR count). The number of hydrogen-bond donors (Lipinski definition) is 1. The molecule has 0 aliphatic rings. The van der Waals surface area contributed by atoms with Crippen molar-refractivity contribution in [3.05, 3.63) is 100 Å². The van der Waals surface area contributed by atoms with Gasteiger partial charge in [0.05, 0.1) is 23.7 Å². The van der Waals surface area contributed by atoms with Crippen LogP contribution in [0.1, 0.15) is 28.7 Å². The van der Waals surface area contributed by atoms with Crippen molar-refractivity contribution in [3.63, 3.8) is 0 Å². The lowest BCUT2D eigenvalue weighted by molar-refractivity contribution is 0.0940. The minimum atomic E-state index is -0.160. The summed E-state index contributed by atoms with van der Waals surface area (Å²) in [7, 11) is 1.64. The number of para-hydroxylation sites is 1. The molecule has 1 amide bonds. The smallest absolute Gasteiger partial charge is 0.265 e. The first kappa shape index (κ1) is 21.3. The van der Waals surface area contributed by atoms with Crippen molar-refractivity contribution in [3.8, 4) is 11.4 Å². The van der Waals surface area contributed by atoms with Gasteiger partial charge in [-0.1, -0.05) is 24.3 Å². The molecule has 0 spiro atoms. The van der Waals surface area contributed by atoms with E-state index >= 15 is 0 Å². The number of methoxy groups -OCH3 is 1. The maximum absolute atomic E-state index is 13.0. The van der Waals surface area contributed by atoms with Gasteiger partial charge in [-0.05, 0) is 74.4 Å². The van der Waals surface area contributed by atoms with E-state index in [1.54, 1.807) is 48.9 Å². The quantitative estimate of drug-likeness (QED) is 0.504. The van der Waals surface area contributed by atoms with Gasteiger partial charge in [0, 0.05) is 11.6 Å². The molecule has 3 aromatic carbocycles. The Labute approximate surface area is 186 Å². The molecule has 1 aromatic heterocycles. The van der Waals surface area contributed by atoms with E-state index in [1.165, 1.54) is 0 Å². The number of aromatic nitrogens is 2. The fraction of sp³-hybridized carbons (Fsp3) is 0.192. The lowest BCUT2D eigenvalue weighted by Crippen LogP contribution is -2.34. The number of benzene rings is 3. The zero-order valence-corrected chi connectivity index (χ0v) is 18.3. The Bertz CT molecular complexity index is 1330. The lowest BCUT2D eigenvalue weighted by Gasteiger charge is -2.15. The fourth-order valence-corrected chi connectivity index (χ4v) is 3.82. The Balaban J connectivity index is 1.50. The number of rotatable bonds is 6. The minimum absolute atomic E-state index is 0.0520. The largest absolute Gasteiger partial charge is 0.497 e. The van der Waals surface area contributed by atoms with Gasteiger partial charge in [0.2, 0.25) is 0 Å². The van der Waals surface area contributed by atoms with Gasteiger partial charge in [0.15, 0.2) is 0 Å². The molecule has 1 unspecified atom stereocenters. The van der Waals surface area contributed by atoms with E-state index in [2.05, 4.69) is 10.3 Å². The topological polar surface area (TPSA) is 73.2 Å². The summed E-state index contributed by atoms with van der Waals surface area (Å²) in [5.74, 6) is 1.23. The van der Waals surface area contributed by atoms with Crippen LogP contribution < -0.4 is 15.6 Å². The first-order valence-electron chi connectivity index (χ1n) is 10.5. The molecule has 162 valence electrons. The van der Waals surface area contributed by atoms with Gasteiger partial charge in [-0.2, -0.15) is 0 Å². The van der Waals surface area contributed by atoms with E-state index in [-0.39, 0.29) is 17.5 Å². The van der Waals surface area contributed by atoms with Crippen LogP contribution in [-0.2, 0) is 6.42 Å². The van der Waals surface area contributed by atoms with Crippen LogP contribution >= 0.6 is 0 Å². The van der Waals surface area contributed by atoms with Crippen molar-refractivity contribution < 1.29 is 9.53 Å². The molecule has 0 radical (unpaired) electrons. The summed E-state index contributed by atoms with van der Waals surface area (Å²) in [6, 6.07) is 22.0. The molecule has 4 aromatic rings. The predicted octanol–water partition coefficient (Wildman–Crippen LogP) is 4.06. The number of ether oxygens (including phenoxy) is 1. The molecule has 6 nitrogen and oxygen atoms in total. The van der Waals surface area contributed by atoms with Gasteiger partial charge in [0.1, 0.15) is 11.6 Å². The highest BCUT2D eigenvalue weighted by atomic mass is 16.5. The summed E-state index contributed by atoms with van der Waals surface area (Å²) < 4.78 is 6.82. The molecule has 0 saturated carbocycles. The monoisotopic (exact) mass is 427 g/mol. The zero-order chi connectivity index (χ0) is 22.7. The SMILES string of the molecule is COc1cccc(CC(C)NC(=O)c2ccc(-n3c(C)nc4ccccc4c3=O)cc2)c1. The average molecular weight is 428 g/mol. The van der Waals surface area contributed by atoms with Gasteiger partial charge in [-0.3, -0.25) is 14.2 Å². The molecule has 0 saturated heterocycles. The number of carbonyl (C=O) groups is 1. The van der Waals surface area contributed by atoms with Crippen molar-refractivity contribution in [2.24, 2.45) is 0 Å². The zero-order valence-electron chi connectivity index (χ0n) is 18.3. The van der Waals surface area contributed by atoms with Gasteiger partial charge >= 0.3 is 0 Å². The molecule has 1 heterocycles. The second kappa shape index (κ2) is 9.06. The van der Waals surface area contributed by atoms with E-state index in [0.29, 0.717) is 34.4 Å². The third-order valence-electron chi connectivity index (χ3n) is 5.38. The van der Waals surface area contributed by atoms with Crippen molar-refractivity contribution in [2.45, 2.75) is 26.3 Å². The van der Waals surface area contributed by atoms with Crippen molar-refractivity contribution in [2.75, 3.05) is 7.11 Å². The Morgan fingerprint density at radius 3 is 2.56 bits per heavy atom. The van der Waals surface area contributed by atoms with Crippen molar-refractivity contribution in [1.82, 2.24) is 14.9 Å². The third-order valence-corrected chi connectivity index (χ3v) is 5.38. The van der Waals surface area contributed by atoms with E-state index < -0.39 is 0 Å². The Hall–Kier alpha value is -3.93. The summed E-state index contributed by atoms with van der Waals surface area (Å²) in [4.78, 5) is 30.2. The number of aryl methyl sites for hydroxylation is 1. The van der Waals surface area contributed by atoms with Crippen molar-refractivity contribution >= 4 is 16.8 Å². The highest BCUT2D eigenvalue weighted by Gasteiger charge is 2.13. The summed E-state index contributed by atoms with van der Waals surface area (Å²) >= 11 is 0. The molecular weight excluding hydrogens is 402 g/mol. The first-order chi connectivity index (χ1) is 15.5. The molecule has 0 aliphatic carbocycles. The molecule has 32 heavy (non-hydrogen) atoms. The van der Waals surface area contributed by atoms with E-state index in [9.17, 15) is 9.59 Å². The Morgan fingerprint density at radius 1 is 1.06 bits per heavy atom. The standard InChI is InChI=1S/C26H25N3O3/c1-17(15-19-7-6-8-22(16-19)32-3)27-25(30)20-11-13-21(14-12-20)29-18(2)28-24-10-5-4-9-23(24)26(29)31/h4-14,16-17H,15H2,1-3H3,(H,27,30). The van der Waals surface area contributed by atoms with Crippen LogP contribution in [0.15, 0.2) is 77.6 Å². The number of nitrogens with zero attached hydrogens (tertiary/aromatic N) is 2. The summed E-state index contributed by atoms with van der Waals surface area (Å²) in [6.07, 6.45) is 0.693. The van der Waals surface area contributed by atoms with E-state index in [0.717, 1.165) is 11.3 Å². The molecule has 6 heteroatoms. The van der Waals surface area contributed by atoms with Crippen molar-refractivity contribution in [1.29, 1.82) is 0 Å². The average Bonchev–Trinajstić information content (AvgIpc) is 2.79. The van der Waals surface area contributed by atoms with E-state index in [4.69, 9.17) is 4.74 Å². The highest BCUT2D eigenvalue weighted by molar-refractivity contribution is 5.94. The molecule has 0 fully saturated rings. The second-order valence-corrected chi connectivity index (χ2v) is 7.79. The fourth-order valence-electron chi connectivity index (χ4n) is 3.82. The maximum Gasteiger partial charge on any atom is 0.265 e. The molecule has 0 aliphatic heterocycles. The van der Waals surface area contributed by atoms with Crippen LogP contribution in [0.4, 0.5) is 0 Å². The summed E-state index contributed by atoms with van der Waals surface area (Å²) in [5, 5.41) is 3.59. The third kappa shape index (κ3) is 4.39. The van der Waals surface area contributed by atoms with Crippen LogP contribution in [0, 0.1) is 6.92 Å². The van der Waals surface area contributed by atoms with Gasteiger partial charge in [0.25, 0.3) is 11.5 Å². The van der Waals surface area contributed by atoms with Crippen LogP contribution in [0.25, 0.3) is 16.6 Å². The number of amides is 1. The number of fused-ring (bicyclic) bond motifs is 1. The Morgan fingerprint density at radius 2 is 1.81 bits per heavy atom. The normalized spacial score (nSPS) is 11.8. The predicted molar refractivity (Wildman–Crippen MR) is 126 cm³/mol. The number of carbonyl (C=O) groups excluding carboxylic acids is 1. The number of hydrogen-bond acceptors (Lipinski definition) is 4. The highest BCUT2D eigenvalue weighted by Crippen LogP contribution is 2.16. The number of nitrogens with one attached hydrogen (secondary N) is 1. The van der Waals surface area contributed by atoms with Crippen LogP contribution in [0.5, 0.6) is 5.75 Å². The van der Waals surface area contributed by atoms with Crippen LogP contribution in [-0.4, -0.2) is 28.6 Å². The second-order valence-electron chi connectivity index (χ2n) is 7.79. The molecule has 1 N–H and O–H groups in total. The van der Waals surface area contributed by atoms with Crippen LogP contribution in [0.2, 0.25) is 0 Å². The summed E-state index contributed by atoms with van der Waals surface area (Å²) in [6.45, 7) is 3.77. The maximum atomic E-state index is 13.0. The molecular formula is C26H25N3O3. The Kier molecular flexibility index (Phi) is 6.03. The first-order valence-corrected chi connectivity index (χ1v) is 10.5. The molecule has 1 atom stereocenters. The minimum Gasteiger partial charge on any atom is -0.497 e. The summed E-state index contributed by atoms with van der Waals surface area (Å²) in [5.41, 5.74) is 2.84. The lowest BCUT2D eigenvalue weighted by atomic mass is 10.1. The van der Waals surface area contributed by atoms with Gasteiger partial charge < -0.3 is 10.1 Å². The van der Waals surface area contributed by atoms with Gasteiger partial charge in [-0.25, -0.2) is 4.98 Å². The van der Waals surface area contributed by atoms with Crippen LogP contribution in [0.3, 0.4) is 0 Å². The van der Waals surface area contributed by atoms with Gasteiger partial charge in [-0.15, -0.1) is 0 Å². The molecule has 0 bridgehead atoms. The van der Waals surface area contributed by atoms with E-state index in [1.807, 2.05) is 49.4 Å².